The van der Waals surface area contributed by atoms with Gasteiger partial charge in [0, 0.05) is 0 Å². The minimum absolute atomic E-state index is 0.0150. The molecule has 0 bridgehead atoms. The van der Waals surface area contributed by atoms with Crippen molar-refractivity contribution in [2.75, 3.05) is 19.8 Å². The maximum atomic E-state index is 12.2. The molecule has 0 aliphatic rings. The summed E-state index contributed by atoms with van der Waals surface area (Å²) in [5, 5.41) is 13.3. The fourth-order valence-electron chi connectivity index (χ4n) is 1.50. The molecule has 9 heteroatoms. The van der Waals surface area contributed by atoms with E-state index in [0.29, 0.717) is 0 Å². The van der Waals surface area contributed by atoms with Gasteiger partial charge in [0.1, 0.15) is 18.6 Å². The molecule has 2 unspecified atom stereocenters. The number of amides is 2. The number of nitrogens with one attached hydrogen (secondary N) is 2. The first-order valence-corrected chi connectivity index (χ1v) is 8.04. The Labute approximate surface area is 148 Å². The van der Waals surface area contributed by atoms with Gasteiger partial charge in [0.15, 0.2) is 0 Å². The zero-order valence-electron chi connectivity index (χ0n) is 15.8. The average molecular weight is 361 g/mol. The van der Waals surface area contributed by atoms with Crippen molar-refractivity contribution in [3.05, 3.63) is 0 Å². The van der Waals surface area contributed by atoms with Crippen molar-refractivity contribution in [1.82, 2.24) is 10.6 Å². The van der Waals surface area contributed by atoms with Crippen molar-refractivity contribution in [1.29, 1.82) is 0 Å². The highest BCUT2D eigenvalue weighted by molar-refractivity contribution is 5.91. The van der Waals surface area contributed by atoms with E-state index in [1.54, 1.807) is 20.8 Å². The normalized spacial score (nSPS) is 14.5. The van der Waals surface area contributed by atoms with Crippen molar-refractivity contribution in [2.45, 2.75) is 64.8 Å². The van der Waals surface area contributed by atoms with Crippen LogP contribution >= 0.6 is 0 Å². The predicted molar refractivity (Wildman–Crippen MR) is 92.0 cm³/mol. The van der Waals surface area contributed by atoms with Gasteiger partial charge in [0.05, 0.1) is 24.4 Å². The second-order valence-electron chi connectivity index (χ2n) is 7.63. The van der Waals surface area contributed by atoms with Gasteiger partial charge in [0.25, 0.3) is 0 Å². The van der Waals surface area contributed by atoms with Crippen LogP contribution in [-0.2, 0) is 23.9 Å². The highest BCUT2D eigenvalue weighted by atomic mass is 16.5. The Morgan fingerprint density at radius 2 is 1.44 bits per heavy atom. The quantitative estimate of drug-likeness (QED) is 0.439. The number of carbonyl (C=O) groups is 3. The lowest BCUT2D eigenvalue weighted by molar-refractivity contribution is -0.139. The Hall–Kier alpha value is -1.71. The van der Waals surface area contributed by atoms with Crippen LogP contribution in [0.4, 0.5) is 0 Å². The molecule has 0 aliphatic heterocycles. The molecule has 146 valence electrons. The number of carboxylic acids is 1. The number of rotatable bonds is 9. The molecule has 0 saturated heterocycles. The minimum Gasteiger partial charge on any atom is -0.480 e. The van der Waals surface area contributed by atoms with Gasteiger partial charge >= 0.3 is 5.97 Å². The molecule has 0 aromatic carbocycles. The van der Waals surface area contributed by atoms with Crippen molar-refractivity contribution in [2.24, 2.45) is 5.73 Å². The molecule has 0 rings (SSSR count). The van der Waals surface area contributed by atoms with E-state index in [2.05, 4.69) is 10.6 Å². The average Bonchev–Trinajstić information content (AvgIpc) is 2.44. The van der Waals surface area contributed by atoms with E-state index in [1.807, 2.05) is 20.8 Å². The van der Waals surface area contributed by atoms with Crippen LogP contribution in [0.1, 0.15) is 41.5 Å². The molecule has 2 atom stereocenters. The maximum Gasteiger partial charge on any atom is 0.322 e. The summed E-state index contributed by atoms with van der Waals surface area (Å²) in [5.74, 6) is -2.44. The molecule has 0 radical (unpaired) electrons. The first-order chi connectivity index (χ1) is 11.2. The summed E-state index contributed by atoms with van der Waals surface area (Å²) in [7, 11) is 0. The number of hydrogen-bond acceptors (Lipinski definition) is 6. The Morgan fingerprint density at radius 3 is 1.88 bits per heavy atom. The number of carboxylic acid groups (broad SMARTS) is 1. The molecule has 0 spiro atoms. The fourth-order valence-corrected chi connectivity index (χ4v) is 1.50. The molecule has 0 aromatic heterocycles. The van der Waals surface area contributed by atoms with Crippen molar-refractivity contribution >= 4 is 17.8 Å². The van der Waals surface area contributed by atoms with Gasteiger partial charge in [-0.3, -0.25) is 14.4 Å². The zero-order valence-corrected chi connectivity index (χ0v) is 15.8. The highest BCUT2D eigenvalue weighted by Crippen LogP contribution is 2.08. The standard InChI is InChI=1S/C16H31N3O6/c1-15(2,3)24-8-10(17)13(22)19-11(9-25-16(4,5)6)14(23)18-7-12(20)21/h10-11H,7-9,17H2,1-6H3,(H,18,23)(H,19,22)(H,20,21). The molecule has 0 saturated carbocycles. The van der Waals surface area contributed by atoms with Gasteiger partial charge in [-0.2, -0.15) is 0 Å². The lowest BCUT2D eigenvalue weighted by atomic mass is 10.1. The third-order valence-corrected chi connectivity index (χ3v) is 2.76. The zero-order chi connectivity index (χ0) is 19.8. The van der Waals surface area contributed by atoms with Gasteiger partial charge in [-0.05, 0) is 41.5 Å². The molecule has 9 nitrogen and oxygen atoms in total. The van der Waals surface area contributed by atoms with Crippen LogP contribution in [0.3, 0.4) is 0 Å². The number of carbonyl (C=O) groups excluding carboxylic acids is 2. The Kier molecular flexibility index (Phi) is 9.03. The summed E-state index contributed by atoms with van der Waals surface area (Å²) in [6, 6.07) is -2.03. The van der Waals surface area contributed by atoms with Crippen molar-refractivity contribution < 1.29 is 29.0 Å². The van der Waals surface area contributed by atoms with Gasteiger partial charge in [0.2, 0.25) is 11.8 Å². The van der Waals surface area contributed by atoms with Crippen molar-refractivity contribution in [3.8, 4) is 0 Å². The number of aliphatic carboxylic acids is 1. The summed E-state index contributed by atoms with van der Waals surface area (Å²) in [6.45, 7) is 10.2. The molecular formula is C16H31N3O6. The van der Waals surface area contributed by atoms with Gasteiger partial charge in [-0.1, -0.05) is 0 Å². The van der Waals surface area contributed by atoms with E-state index in [9.17, 15) is 14.4 Å². The van der Waals surface area contributed by atoms with Gasteiger partial charge < -0.3 is 30.9 Å². The lowest BCUT2D eigenvalue weighted by Crippen LogP contribution is -2.55. The van der Waals surface area contributed by atoms with Crippen LogP contribution < -0.4 is 16.4 Å². The Balaban J connectivity index is 4.80. The summed E-state index contributed by atoms with van der Waals surface area (Å²) in [6.07, 6.45) is 0. The van der Waals surface area contributed by atoms with Crippen LogP contribution in [0.25, 0.3) is 0 Å². The summed E-state index contributed by atoms with van der Waals surface area (Å²) >= 11 is 0. The largest absolute Gasteiger partial charge is 0.480 e. The van der Waals surface area contributed by atoms with Crippen molar-refractivity contribution in [3.63, 3.8) is 0 Å². The number of nitrogens with two attached hydrogens (primary N) is 1. The van der Waals surface area contributed by atoms with E-state index in [-0.39, 0.29) is 13.2 Å². The van der Waals surface area contributed by atoms with E-state index in [1.165, 1.54) is 0 Å². The van der Waals surface area contributed by atoms with E-state index in [0.717, 1.165) is 0 Å². The summed E-state index contributed by atoms with van der Waals surface area (Å²) < 4.78 is 11.0. The SMILES string of the molecule is CC(C)(C)OCC(N)C(=O)NC(COC(C)(C)C)C(=O)NCC(=O)O. The smallest absolute Gasteiger partial charge is 0.322 e. The van der Waals surface area contributed by atoms with E-state index < -0.39 is 47.6 Å². The monoisotopic (exact) mass is 361 g/mol. The van der Waals surface area contributed by atoms with Crippen LogP contribution in [0.5, 0.6) is 0 Å². The number of ether oxygens (including phenoxy) is 2. The van der Waals surface area contributed by atoms with Crippen LogP contribution in [0, 0.1) is 0 Å². The topological polar surface area (TPSA) is 140 Å². The Bertz CT molecular complexity index is 467. The predicted octanol–water partition coefficient (Wildman–Crippen LogP) is -0.370. The van der Waals surface area contributed by atoms with Crippen LogP contribution in [0.2, 0.25) is 0 Å². The fraction of sp³-hybridized carbons (Fsp3) is 0.812. The number of hydrogen-bond donors (Lipinski definition) is 4. The minimum atomic E-state index is -1.19. The summed E-state index contributed by atoms with van der Waals surface area (Å²) in [5.41, 5.74) is 4.79. The first-order valence-electron chi connectivity index (χ1n) is 8.04. The van der Waals surface area contributed by atoms with E-state index in [4.69, 9.17) is 20.3 Å². The second-order valence-corrected chi connectivity index (χ2v) is 7.63. The van der Waals surface area contributed by atoms with Crippen LogP contribution in [0.15, 0.2) is 0 Å². The molecule has 25 heavy (non-hydrogen) atoms. The Morgan fingerprint density at radius 1 is 0.960 bits per heavy atom. The molecule has 5 N–H and O–H groups in total. The van der Waals surface area contributed by atoms with Crippen LogP contribution in [-0.4, -0.2) is 65.9 Å². The van der Waals surface area contributed by atoms with E-state index >= 15 is 0 Å². The highest BCUT2D eigenvalue weighted by Gasteiger charge is 2.27. The first kappa shape index (κ1) is 23.3. The maximum absolute atomic E-state index is 12.2. The molecular weight excluding hydrogens is 330 g/mol. The summed E-state index contributed by atoms with van der Waals surface area (Å²) in [4.78, 5) is 34.9. The molecule has 0 aliphatic carbocycles. The third kappa shape index (κ3) is 12.3. The molecule has 0 fully saturated rings. The molecule has 0 aromatic rings. The van der Waals surface area contributed by atoms with Gasteiger partial charge in [-0.15, -0.1) is 0 Å². The third-order valence-electron chi connectivity index (χ3n) is 2.76. The van der Waals surface area contributed by atoms with Gasteiger partial charge in [-0.25, -0.2) is 0 Å². The lowest BCUT2D eigenvalue weighted by Gasteiger charge is -2.26. The second kappa shape index (κ2) is 9.69. The molecule has 0 heterocycles. The molecule has 2 amide bonds.